The van der Waals surface area contributed by atoms with Crippen LogP contribution in [0.2, 0.25) is 0 Å². The van der Waals surface area contributed by atoms with Gasteiger partial charge < -0.3 is 16.0 Å². The van der Waals surface area contributed by atoms with E-state index in [1.807, 2.05) is 18.2 Å². The van der Waals surface area contributed by atoms with Crippen molar-refractivity contribution in [1.29, 1.82) is 0 Å². The number of rotatable bonds is 2. The topological polar surface area (TPSA) is 58.4 Å². The number of carbonyl (C=O) groups excluding carboxylic acids is 1. The second-order valence-corrected chi connectivity index (χ2v) is 6.22. The third-order valence-corrected chi connectivity index (χ3v) is 4.84. The van der Waals surface area contributed by atoms with Gasteiger partial charge in [-0.3, -0.25) is 4.79 Å². The molecule has 0 aromatic heterocycles. The average molecular weight is 324 g/mol. The molecule has 0 unspecified atom stereocenters. The van der Waals surface area contributed by atoms with E-state index < -0.39 is 0 Å². The molecule has 19 heavy (non-hydrogen) atoms. The second-order valence-electron chi connectivity index (χ2n) is 5.37. The molecule has 2 saturated heterocycles. The summed E-state index contributed by atoms with van der Waals surface area (Å²) in [7, 11) is 0. The molecular formula is C14H18BrN3O. The van der Waals surface area contributed by atoms with Gasteiger partial charge in [-0.1, -0.05) is 6.07 Å². The average Bonchev–Trinajstić information content (AvgIpc) is 2.81. The summed E-state index contributed by atoms with van der Waals surface area (Å²) < 4.78 is 0.778. The highest BCUT2D eigenvalue weighted by Crippen LogP contribution is 2.33. The number of hydrogen-bond donors (Lipinski definition) is 2. The minimum Gasteiger partial charge on any atom is -0.369 e. The molecule has 1 aromatic rings. The van der Waals surface area contributed by atoms with Gasteiger partial charge in [-0.15, -0.1) is 0 Å². The molecule has 0 aliphatic carbocycles. The van der Waals surface area contributed by atoms with Gasteiger partial charge in [0.2, 0.25) is 0 Å². The molecule has 2 aliphatic heterocycles. The van der Waals surface area contributed by atoms with Crippen LogP contribution in [0.3, 0.4) is 0 Å². The van der Waals surface area contributed by atoms with Gasteiger partial charge in [0.1, 0.15) is 0 Å². The van der Waals surface area contributed by atoms with E-state index in [2.05, 4.69) is 26.1 Å². The predicted molar refractivity (Wildman–Crippen MR) is 79.4 cm³/mol. The maximum atomic E-state index is 11.7. The molecule has 1 amide bonds. The lowest BCUT2D eigenvalue weighted by molar-refractivity contribution is 0.1000. The summed E-state index contributed by atoms with van der Waals surface area (Å²) in [5.74, 6) is 0.318. The van der Waals surface area contributed by atoms with Crippen molar-refractivity contribution in [2.45, 2.75) is 18.9 Å². The van der Waals surface area contributed by atoms with Crippen LogP contribution in [0.4, 0.5) is 5.69 Å². The van der Waals surface area contributed by atoms with Gasteiger partial charge in [0.25, 0.3) is 5.91 Å². The van der Waals surface area contributed by atoms with Gasteiger partial charge in [0.05, 0.1) is 11.3 Å². The Hall–Kier alpha value is -1.07. The quantitative estimate of drug-likeness (QED) is 0.871. The number of fused-ring (bicyclic) bond motifs is 1. The van der Waals surface area contributed by atoms with Crippen molar-refractivity contribution >= 4 is 27.5 Å². The summed E-state index contributed by atoms with van der Waals surface area (Å²) in [6.07, 6.45) is 2.52. The van der Waals surface area contributed by atoms with Gasteiger partial charge >= 0.3 is 0 Å². The molecule has 102 valence electrons. The zero-order valence-electron chi connectivity index (χ0n) is 10.7. The van der Waals surface area contributed by atoms with Crippen molar-refractivity contribution in [2.24, 2.45) is 11.7 Å². The highest BCUT2D eigenvalue weighted by atomic mass is 79.9. The summed E-state index contributed by atoms with van der Waals surface area (Å²) in [4.78, 5) is 14.0. The van der Waals surface area contributed by atoms with E-state index in [1.165, 1.54) is 12.8 Å². The van der Waals surface area contributed by atoms with E-state index in [4.69, 9.17) is 5.73 Å². The van der Waals surface area contributed by atoms with Crippen molar-refractivity contribution in [3.63, 3.8) is 0 Å². The number of nitrogens with two attached hydrogens (primary N) is 1. The predicted octanol–water partition coefficient (Wildman–Crippen LogP) is 1.74. The monoisotopic (exact) mass is 323 g/mol. The number of piperidine rings is 1. The molecule has 0 spiro atoms. The first kappa shape index (κ1) is 12.9. The lowest BCUT2D eigenvalue weighted by Gasteiger charge is -2.24. The fraction of sp³-hybridized carbons (Fsp3) is 0.500. The Morgan fingerprint density at radius 2 is 2.26 bits per heavy atom. The van der Waals surface area contributed by atoms with Crippen molar-refractivity contribution in [1.82, 2.24) is 5.32 Å². The molecule has 3 N–H and O–H groups in total. The Balaban J connectivity index is 1.91. The molecule has 0 radical (unpaired) electrons. The number of amides is 1. The Kier molecular flexibility index (Phi) is 3.50. The van der Waals surface area contributed by atoms with E-state index in [1.54, 1.807) is 0 Å². The molecule has 1 aromatic carbocycles. The molecule has 5 heteroatoms. The van der Waals surface area contributed by atoms with Crippen LogP contribution in [-0.4, -0.2) is 31.6 Å². The maximum Gasteiger partial charge on any atom is 0.251 e. The number of halogens is 1. The molecule has 4 nitrogen and oxygen atoms in total. The van der Waals surface area contributed by atoms with Crippen LogP contribution in [0.5, 0.6) is 0 Å². The number of nitrogens with zero attached hydrogens (tertiary/aromatic N) is 1. The SMILES string of the molecule is NC(=O)c1c(Br)cccc1N1C[C@@H]2CCCN[C@@H]2C1. The summed E-state index contributed by atoms with van der Waals surface area (Å²) in [6, 6.07) is 6.36. The molecular weight excluding hydrogens is 306 g/mol. The minimum absolute atomic E-state index is 0.370. The molecule has 2 aliphatic rings. The van der Waals surface area contributed by atoms with Crippen molar-refractivity contribution < 1.29 is 4.79 Å². The fourth-order valence-electron chi connectivity index (χ4n) is 3.26. The molecule has 0 saturated carbocycles. The summed E-state index contributed by atoms with van der Waals surface area (Å²) in [5, 5.41) is 3.57. The van der Waals surface area contributed by atoms with E-state index in [9.17, 15) is 4.79 Å². The van der Waals surface area contributed by atoms with Gasteiger partial charge in [-0.05, 0) is 53.4 Å². The number of primary amides is 1. The number of nitrogens with one attached hydrogen (secondary N) is 1. The lowest BCUT2D eigenvalue weighted by Crippen LogP contribution is -2.40. The Labute approximate surface area is 121 Å². The number of hydrogen-bond acceptors (Lipinski definition) is 3. The third-order valence-electron chi connectivity index (χ3n) is 4.18. The third kappa shape index (κ3) is 2.37. The highest BCUT2D eigenvalue weighted by molar-refractivity contribution is 9.10. The zero-order chi connectivity index (χ0) is 13.4. The molecule has 0 bridgehead atoms. The smallest absolute Gasteiger partial charge is 0.251 e. The Morgan fingerprint density at radius 3 is 3.00 bits per heavy atom. The Bertz CT molecular complexity index is 491. The standard InChI is InChI=1S/C14H18BrN3O/c15-10-4-1-5-12(13(10)14(16)19)18-7-9-3-2-6-17-11(9)8-18/h1,4-5,9,11,17H,2-3,6-8H2,(H2,16,19)/t9-,11+/m0/s1. The first-order valence-electron chi connectivity index (χ1n) is 6.73. The van der Waals surface area contributed by atoms with E-state index in [-0.39, 0.29) is 5.91 Å². The molecule has 2 heterocycles. The maximum absolute atomic E-state index is 11.7. The zero-order valence-corrected chi connectivity index (χ0v) is 12.3. The van der Waals surface area contributed by atoms with Crippen LogP contribution < -0.4 is 16.0 Å². The Morgan fingerprint density at radius 1 is 1.42 bits per heavy atom. The van der Waals surface area contributed by atoms with Crippen LogP contribution in [0.15, 0.2) is 22.7 Å². The van der Waals surface area contributed by atoms with Crippen molar-refractivity contribution in [3.05, 3.63) is 28.2 Å². The van der Waals surface area contributed by atoms with Gasteiger partial charge in [0, 0.05) is 23.6 Å². The molecule has 2 atom stereocenters. The normalized spacial score (nSPS) is 26.3. The molecule has 2 fully saturated rings. The van der Waals surface area contributed by atoms with Crippen LogP contribution in [0.25, 0.3) is 0 Å². The summed E-state index contributed by atoms with van der Waals surface area (Å²) in [6.45, 7) is 3.08. The van der Waals surface area contributed by atoms with Crippen LogP contribution in [0.1, 0.15) is 23.2 Å². The van der Waals surface area contributed by atoms with Crippen molar-refractivity contribution in [2.75, 3.05) is 24.5 Å². The van der Waals surface area contributed by atoms with Gasteiger partial charge in [-0.25, -0.2) is 0 Å². The van der Waals surface area contributed by atoms with Gasteiger partial charge in [0.15, 0.2) is 0 Å². The highest BCUT2D eigenvalue weighted by Gasteiger charge is 2.35. The van der Waals surface area contributed by atoms with E-state index in [0.717, 1.165) is 29.8 Å². The van der Waals surface area contributed by atoms with Gasteiger partial charge in [-0.2, -0.15) is 0 Å². The number of anilines is 1. The van der Waals surface area contributed by atoms with Crippen LogP contribution >= 0.6 is 15.9 Å². The summed E-state index contributed by atoms with van der Waals surface area (Å²) >= 11 is 3.43. The van der Waals surface area contributed by atoms with E-state index in [0.29, 0.717) is 17.5 Å². The first-order chi connectivity index (χ1) is 9.16. The lowest BCUT2D eigenvalue weighted by atomic mass is 9.94. The second kappa shape index (κ2) is 5.13. The first-order valence-corrected chi connectivity index (χ1v) is 7.53. The van der Waals surface area contributed by atoms with Crippen LogP contribution in [-0.2, 0) is 0 Å². The van der Waals surface area contributed by atoms with Crippen molar-refractivity contribution in [3.8, 4) is 0 Å². The summed E-state index contributed by atoms with van der Waals surface area (Å²) in [5.41, 5.74) is 7.07. The molecule has 3 rings (SSSR count). The largest absolute Gasteiger partial charge is 0.369 e. The van der Waals surface area contributed by atoms with E-state index >= 15 is 0 Å². The fourth-order valence-corrected chi connectivity index (χ4v) is 3.81. The number of benzene rings is 1. The van der Waals surface area contributed by atoms with Crippen LogP contribution in [0, 0.1) is 5.92 Å². The number of carbonyl (C=O) groups is 1. The minimum atomic E-state index is -0.370.